The molecule has 1 amide bonds. The highest BCUT2D eigenvalue weighted by Crippen LogP contribution is 2.15. The Morgan fingerprint density at radius 1 is 1.53 bits per heavy atom. The van der Waals surface area contributed by atoms with E-state index in [4.69, 9.17) is 10.5 Å². The maximum Gasteiger partial charge on any atom is 0.274 e. The van der Waals surface area contributed by atoms with Crippen molar-refractivity contribution < 1.29 is 9.53 Å². The van der Waals surface area contributed by atoms with E-state index in [-0.39, 0.29) is 12.0 Å². The molecular weight excluding hydrogens is 244 g/mol. The smallest absolute Gasteiger partial charge is 0.274 e. The van der Waals surface area contributed by atoms with Gasteiger partial charge in [-0.1, -0.05) is 0 Å². The average molecular weight is 266 g/mol. The zero-order valence-electron chi connectivity index (χ0n) is 11.4. The van der Waals surface area contributed by atoms with Gasteiger partial charge in [-0.3, -0.25) is 4.79 Å². The van der Waals surface area contributed by atoms with Crippen LogP contribution in [0, 0.1) is 0 Å². The predicted octanol–water partition coefficient (Wildman–Crippen LogP) is 0.390. The summed E-state index contributed by atoms with van der Waals surface area (Å²) in [4.78, 5) is 18.1. The number of rotatable bonds is 5. The summed E-state index contributed by atoms with van der Waals surface area (Å²) in [7, 11) is 1.86. The van der Waals surface area contributed by atoms with Crippen LogP contribution in [-0.4, -0.2) is 52.7 Å². The number of aromatic nitrogens is 2. The van der Waals surface area contributed by atoms with Crippen LogP contribution in [0.15, 0.2) is 12.5 Å². The van der Waals surface area contributed by atoms with Gasteiger partial charge in [0.1, 0.15) is 5.69 Å². The third-order valence-electron chi connectivity index (χ3n) is 3.36. The molecule has 1 aliphatic heterocycles. The minimum atomic E-state index is 0.0148. The first-order valence-electron chi connectivity index (χ1n) is 6.79. The van der Waals surface area contributed by atoms with E-state index in [0.29, 0.717) is 12.2 Å². The summed E-state index contributed by atoms with van der Waals surface area (Å²) >= 11 is 0. The minimum absolute atomic E-state index is 0.0148. The topological polar surface area (TPSA) is 73.4 Å². The zero-order valence-corrected chi connectivity index (χ0v) is 11.4. The first-order chi connectivity index (χ1) is 9.20. The predicted molar refractivity (Wildman–Crippen MR) is 71.8 cm³/mol. The Morgan fingerprint density at radius 3 is 2.84 bits per heavy atom. The van der Waals surface area contributed by atoms with Crippen LogP contribution in [0.5, 0.6) is 0 Å². The molecule has 0 saturated carbocycles. The summed E-state index contributed by atoms with van der Waals surface area (Å²) in [6.45, 7) is 2.86. The van der Waals surface area contributed by atoms with Gasteiger partial charge in [0, 0.05) is 32.9 Å². The molecule has 1 aromatic rings. The Labute approximate surface area is 113 Å². The summed E-state index contributed by atoms with van der Waals surface area (Å²) in [5.74, 6) is 0.0148. The normalized spacial score (nSPS) is 16.8. The molecule has 2 rings (SSSR count). The van der Waals surface area contributed by atoms with Gasteiger partial charge in [-0.05, 0) is 25.8 Å². The lowest BCUT2D eigenvalue weighted by Gasteiger charge is -2.31. The largest absolute Gasteiger partial charge is 0.378 e. The van der Waals surface area contributed by atoms with Gasteiger partial charge in [0.2, 0.25) is 0 Å². The number of likely N-dealkylation sites (tertiary alicyclic amines) is 1. The van der Waals surface area contributed by atoms with Crippen molar-refractivity contribution in [3.63, 3.8) is 0 Å². The molecule has 6 heteroatoms. The maximum absolute atomic E-state index is 12.2. The van der Waals surface area contributed by atoms with Gasteiger partial charge >= 0.3 is 0 Å². The first kappa shape index (κ1) is 14.0. The number of hydrogen-bond donors (Lipinski definition) is 1. The highest BCUT2D eigenvalue weighted by Gasteiger charge is 2.24. The van der Waals surface area contributed by atoms with E-state index >= 15 is 0 Å². The van der Waals surface area contributed by atoms with Crippen LogP contribution >= 0.6 is 0 Å². The van der Waals surface area contributed by atoms with Gasteiger partial charge < -0.3 is 19.9 Å². The van der Waals surface area contributed by atoms with Crippen molar-refractivity contribution in [2.45, 2.75) is 25.4 Å². The number of aryl methyl sites for hydroxylation is 1. The molecule has 0 atom stereocenters. The molecular formula is C13H22N4O2. The van der Waals surface area contributed by atoms with Crippen LogP contribution in [0.25, 0.3) is 0 Å². The van der Waals surface area contributed by atoms with Crippen molar-refractivity contribution >= 4 is 5.91 Å². The quantitative estimate of drug-likeness (QED) is 0.782. The van der Waals surface area contributed by atoms with Gasteiger partial charge in [-0.25, -0.2) is 4.98 Å². The van der Waals surface area contributed by atoms with Gasteiger partial charge in [0.05, 0.1) is 12.4 Å². The van der Waals surface area contributed by atoms with Crippen LogP contribution in [0.1, 0.15) is 29.8 Å². The standard InChI is InChI=1S/C13H22N4O2/c1-16-9-12(15-10-16)13(18)17-6-3-11(4-7-17)19-8-2-5-14/h9-11H,2-8,14H2,1H3. The number of imidazole rings is 1. The molecule has 19 heavy (non-hydrogen) atoms. The van der Waals surface area contributed by atoms with Crippen LogP contribution in [0.4, 0.5) is 0 Å². The van der Waals surface area contributed by atoms with Crippen LogP contribution in [-0.2, 0) is 11.8 Å². The second-order valence-electron chi connectivity index (χ2n) is 4.93. The lowest BCUT2D eigenvalue weighted by atomic mass is 10.1. The molecule has 1 aromatic heterocycles. The molecule has 0 radical (unpaired) electrons. The third-order valence-corrected chi connectivity index (χ3v) is 3.36. The molecule has 6 nitrogen and oxygen atoms in total. The Bertz CT molecular complexity index is 411. The second kappa shape index (κ2) is 6.68. The molecule has 1 fully saturated rings. The van der Waals surface area contributed by atoms with Crippen molar-refractivity contribution in [3.05, 3.63) is 18.2 Å². The highest BCUT2D eigenvalue weighted by molar-refractivity contribution is 5.92. The van der Waals surface area contributed by atoms with Crippen LogP contribution < -0.4 is 5.73 Å². The monoisotopic (exact) mass is 266 g/mol. The summed E-state index contributed by atoms with van der Waals surface area (Å²) in [6.07, 6.45) is 6.35. The summed E-state index contributed by atoms with van der Waals surface area (Å²) in [5, 5.41) is 0. The second-order valence-corrected chi connectivity index (χ2v) is 4.93. The van der Waals surface area contributed by atoms with Crippen molar-refractivity contribution in [2.24, 2.45) is 12.8 Å². The lowest BCUT2D eigenvalue weighted by Crippen LogP contribution is -2.41. The highest BCUT2D eigenvalue weighted by atomic mass is 16.5. The van der Waals surface area contributed by atoms with Gasteiger partial charge in [0.25, 0.3) is 5.91 Å². The number of ether oxygens (including phenoxy) is 1. The first-order valence-corrected chi connectivity index (χ1v) is 6.79. The Kier molecular flexibility index (Phi) is 4.93. The number of nitrogens with zero attached hydrogens (tertiary/aromatic N) is 3. The molecule has 0 bridgehead atoms. The van der Waals surface area contributed by atoms with Gasteiger partial charge in [-0.15, -0.1) is 0 Å². The molecule has 2 N–H and O–H groups in total. The van der Waals surface area contributed by atoms with Crippen molar-refractivity contribution in [1.29, 1.82) is 0 Å². The number of nitrogens with two attached hydrogens (primary N) is 1. The fourth-order valence-electron chi connectivity index (χ4n) is 2.24. The molecule has 2 heterocycles. The summed E-state index contributed by atoms with van der Waals surface area (Å²) in [6, 6.07) is 0. The number of piperidine rings is 1. The van der Waals surface area contributed by atoms with E-state index in [9.17, 15) is 4.79 Å². The third kappa shape index (κ3) is 3.78. The number of amides is 1. The fraction of sp³-hybridized carbons (Fsp3) is 0.692. The summed E-state index contributed by atoms with van der Waals surface area (Å²) < 4.78 is 7.51. The van der Waals surface area contributed by atoms with E-state index < -0.39 is 0 Å². The van der Waals surface area contributed by atoms with Gasteiger partial charge in [0.15, 0.2) is 0 Å². The van der Waals surface area contributed by atoms with Crippen molar-refractivity contribution in [3.8, 4) is 0 Å². The SMILES string of the molecule is Cn1cnc(C(=O)N2CCC(OCCCN)CC2)c1. The van der Waals surface area contributed by atoms with Crippen LogP contribution in [0.3, 0.4) is 0 Å². The molecule has 1 saturated heterocycles. The number of carbonyl (C=O) groups is 1. The summed E-state index contributed by atoms with van der Waals surface area (Å²) in [5.41, 5.74) is 5.95. The number of hydrogen-bond acceptors (Lipinski definition) is 4. The van der Waals surface area contributed by atoms with E-state index in [1.807, 2.05) is 11.9 Å². The van der Waals surface area contributed by atoms with E-state index in [0.717, 1.165) is 39.0 Å². The Hall–Kier alpha value is -1.40. The number of carbonyl (C=O) groups excluding carboxylic acids is 1. The van der Waals surface area contributed by atoms with E-state index in [1.54, 1.807) is 17.1 Å². The average Bonchev–Trinajstić information content (AvgIpc) is 2.86. The molecule has 106 valence electrons. The molecule has 0 unspecified atom stereocenters. The fourth-order valence-corrected chi connectivity index (χ4v) is 2.24. The molecule has 0 spiro atoms. The Morgan fingerprint density at radius 2 is 2.26 bits per heavy atom. The Balaban J connectivity index is 1.78. The molecule has 0 aromatic carbocycles. The van der Waals surface area contributed by atoms with E-state index in [2.05, 4.69) is 4.98 Å². The lowest BCUT2D eigenvalue weighted by molar-refractivity contribution is 0.00830. The molecule has 1 aliphatic rings. The van der Waals surface area contributed by atoms with Gasteiger partial charge in [-0.2, -0.15) is 0 Å². The maximum atomic E-state index is 12.2. The zero-order chi connectivity index (χ0) is 13.7. The minimum Gasteiger partial charge on any atom is -0.378 e. The van der Waals surface area contributed by atoms with Crippen molar-refractivity contribution in [1.82, 2.24) is 14.5 Å². The van der Waals surface area contributed by atoms with E-state index in [1.165, 1.54) is 0 Å². The van der Waals surface area contributed by atoms with Crippen molar-refractivity contribution in [2.75, 3.05) is 26.2 Å². The molecule has 0 aliphatic carbocycles. The van der Waals surface area contributed by atoms with Crippen LogP contribution in [0.2, 0.25) is 0 Å².